The molecule has 2 aromatic rings. The van der Waals surface area contributed by atoms with Gasteiger partial charge in [0.25, 0.3) is 0 Å². The lowest BCUT2D eigenvalue weighted by atomic mass is 10.2. The standard InChI is InChI=1S/C13H18N6O/c1-4-14-11-17-12(19-13(18-11)20-3)16-9(2)10-7-5-6-8-15-10/h5-9H,4H2,1-3H3,(H2,14,16,17,18,19). The van der Waals surface area contributed by atoms with Crippen molar-refractivity contribution >= 4 is 11.9 Å². The molecule has 0 aromatic carbocycles. The fourth-order valence-corrected chi connectivity index (χ4v) is 1.65. The highest BCUT2D eigenvalue weighted by Crippen LogP contribution is 2.17. The lowest BCUT2D eigenvalue weighted by molar-refractivity contribution is 0.379. The number of nitrogens with zero attached hydrogens (tertiary/aromatic N) is 4. The van der Waals surface area contributed by atoms with Gasteiger partial charge in [-0.3, -0.25) is 4.98 Å². The minimum Gasteiger partial charge on any atom is -0.467 e. The fourth-order valence-electron chi connectivity index (χ4n) is 1.65. The first-order valence-corrected chi connectivity index (χ1v) is 6.44. The van der Waals surface area contributed by atoms with Crippen LogP contribution in [0.15, 0.2) is 24.4 Å². The van der Waals surface area contributed by atoms with Gasteiger partial charge < -0.3 is 15.4 Å². The Labute approximate surface area is 117 Å². The van der Waals surface area contributed by atoms with E-state index in [9.17, 15) is 0 Å². The maximum Gasteiger partial charge on any atom is 0.322 e. The smallest absolute Gasteiger partial charge is 0.322 e. The molecule has 0 saturated carbocycles. The summed E-state index contributed by atoms with van der Waals surface area (Å²) in [5.41, 5.74) is 0.914. The predicted molar refractivity (Wildman–Crippen MR) is 76.8 cm³/mol. The summed E-state index contributed by atoms with van der Waals surface area (Å²) >= 11 is 0. The minimum absolute atomic E-state index is 0.0159. The number of aromatic nitrogens is 4. The van der Waals surface area contributed by atoms with E-state index in [1.54, 1.807) is 6.20 Å². The molecule has 0 amide bonds. The molecule has 2 aromatic heterocycles. The van der Waals surface area contributed by atoms with Gasteiger partial charge in [0.05, 0.1) is 18.8 Å². The number of anilines is 2. The summed E-state index contributed by atoms with van der Waals surface area (Å²) in [4.78, 5) is 16.9. The Morgan fingerprint density at radius 3 is 2.65 bits per heavy atom. The summed E-state index contributed by atoms with van der Waals surface area (Å²) in [5, 5.41) is 6.22. The normalized spacial score (nSPS) is 11.8. The van der Waals surface area contributed by atoms with E-state index in [-0.39, 0.29) is 12.1 Å². The van der Waals surface area contributed by atoms with Crippen molar-refractivity contribution in [1.29, 1.82) is 0 Å². The van der Waals surface area contributed by atoms with E-state index in [0.717, 1.165) is 12.2 Å². The van der Waals surface area contributed by atoms with Crippen LogP contribution in [-0.2, 0) is 0 Å². The van der Waals surface area contributed by atoms with Crippen molar-refractivity contribution in [3.63, 3.8) is 0 Å². The van der Waals surface area contributed by atoms with Gasteiger partial charge in [0, 0.05) is 12.7 Å². The number of hydrogen-bond acceptors (Lipinski definition) is 7. The van der Waals surface area contributed by atoms with Gasteiger partial charge in [0.2, 0.25) is 11.9 Å². The molecule has 0 aliphatic heterocycles. The van der Waals surface area contributed by atoms with Crippen molar-refractivity contribution < 1.29 is 4.74 Å². The molecule has 0 aliphatic carbocycles. The second-order valence-electron chi connectivity index (χ2n) is 4.12. The molecule has 2 rings (SSSR count). The highest BCUT2D eigenvalue weighted by atomic mass is 16.5. The van der Waals surface area contributed by atoms with Crippen LogP contribution in [0.3, 0.4) is 0 Å². The second-order valence-corrected chi connectivity index (χ2v) is 4.12. The Balaban J connectivity index is 2.17. The molecule has 1 unspecified atom stereocenters. The van der Waals surface area contributed by atoms with Crippen LogP contribution in [-0.4, -0.2) is 33.6 Å². The van der Waals surface area contributed by atoms with Crippen molar-refractivity contribution in [3.8, 4) is 6.01 Å². The Morgan fingerprint density at radius 1 is 1.20 bits per heavy atom. The molecule has 0 fully saturated rings. The highest BCUT2D eigenvalue weighted by molar-refractivity contribution is 5.37. The zero-order valence-corrected chi connectivity index (χ0v) is 11.8. The first-order valence-electron chi connectivity index (χ1n) is 6.44. The molecule has 1 atom stereocenters. The summed E-state index contributed by atoms with van der Waals surface area (Å²) in [7, 11) is 1.52. The predicted octanol–water partition coefficient (Wildman–Crippen LogP) is 1.88. The van der Waals surface area contributed by atoms with Gasteiger partial charge in [-0.1, -0.05) is 6.07 Å². The number of nitrogens with one attached hydrogen (secondary N) is 2. The third kappa shape index (κ3) is 3.53. The van der Waals surface area contributed by atoms with E-state index in [0.29, 0.717) is 11.9 Å². The van der Waals surface area contributed by atoms with Crippen molar-refractivity contribution in [2.45, 2.75) is 19.9 Å². The van der Waals surface area contributed by atoms with Gasteiger partial charge in [-0.05, 0) is 26.0 Å². The first kappa shape index (κ1) is 14.0. The van der Waals surface area contributed by atoms with Crippen LogP contribution in [0, 0.1) is 0 Å². The van der Waals surface area contributed by atoms with Gasteiger partial charge in [-0.2, -0.15) is 15.0 Å². The van der Waals surface area contributed by atoms with Crippen molar-refractivity contribution in [1.82, 2.24) is 19.9 Å². The lowest BCUT2D eigenvalue weighted by Crippen LogP contribution is -2.13. The van der Waals surface area contributed by atoms with Crippen LogP contribution >= 0.6 is 0 Å². The molecule has 2 N–H and O–H groups in total. The van der Waals surface area contributed by atoms with Crippen LogP contribution in [0.2, 0.25) is 0 Å². The van der Waals surface area contributed by atoms with Crippen molar-refractivity contribution in [2.24, 2.45) is 0 Å². The zero-order valence-electron chi connectivity index (χ0n) is 11.8. The van der Waals surface area contributed by atoms with E-state index < -0.39 is 0 Å². The third-order valence-corrected chi connectivity index (χ3v) is 2.61. The van der Waals surface area contributed by atoms with Gasteiger partial charge in [0.1, 0.15) is 0 Å². The molecule has 0 radical (unpaired) electrons. The van der Waals surface area contributed by atoms with Gasteiger partial charge >= 0.3 is 6.01 Å². The maximum absolute atomic E-state index is 5.07. The number of ether oxygens (including phenoxy) is 1. The van der Waals surface area contributed by atoms with Crippen LogP contribution in [0.25, 0.3) is 0 Å². The molecule has 2 heterocycles. The highest BCUT2D eigenvalue weighted by Gasteiger charge is 2.11. The summed E-state index contributed by atoms with van der Waals surface area (Å²) in [6.07, 6.45) is 1.76. The van der Waals surface area contributed by atoms with Gasteiger partial charge in [-0.25, -0.2) is 0 Å². The number of pyridine rings is 1. The van der Waals surface area contributed by atoms with E-state index in [1.807, 2.05) is 32.0 Å². The van der Waals surface area contributed by atoms with E-state index in [4.69, 9.17) is 4.74 Å². The molecule has 0 spiro atoms. The number of rotatable bonds is 6. The molecule has 0 bridgehead atoms. The topological polar surface area (TPSA) is 84.9 Å². The molecule has 0 saturated heterocycles. The van der Waals surface area contributed by atoms with Crippen LogP contribution in [0.1, 0.15) is 25.6 Å². The van der Waals surface area contributed by atoms with E-state index in [1.165, 1.54) is 7.11 Å². The van der Waals surface area contributed by atoms with E-state index >= 15 is 0 Å². The van der Waals surface area contributed by atoms with Gasteiger partial charge in [0.15, 0.2) is 0 Å². The average molecular weight is 274 g/mol. The summed E-state index contributed by atoms with van der Waals surface area (Å²) in [6, 6.07) is 6.02. The summed E-state index contributed by atoms with van der Waals surface area (Å²) in [5.74, 6) is 0.932. The zero-order chi connectivity index (χ0) is 14.4. The average Bonchev–Trinajstić information content (AvgIpc) is 2.48. The Kier molecular flexibility index (Phi) is 4.65. The van der Waals surface area contributed by atoms with Crippen molar-refractivity contribution in [2.75, 3.05) is 24.3 Å². The lowest BCUT2D eigenvalue weighted by Gasteiger charge is -2.14. The maximum atomic E-state index is 5.07. The van der Waals surface area contributed by atoms with Crippen LogP contribution < -0.4 is 15.4 Å². The second kappa shape index (κ2) is 6.65. The summed E-state index contributed by atoms with van der Waals surface area (Å²) in [6.45, 7) is 4.69. The molecule has 0 aliphatic rings. The molecule has 106 valence electrons. The Bertz CT molecular complexity index is 548. The molecular formula is C13H18N6O. The molecule has 20 heavy (non-hydrogen) atoms. The largest absolute Gasteiger partial charge is 0.467 e. The first-order chi connectivity index (χ1) is 9.72. The fraction of sp³-hybridized carbons (Fsp3) is 0.385. The Morgan fingerprint density at radius 2 is 2.00 bits per heavy atom. The Hall–Kier alpha value is -2.44. The minimum atomic E-state index is -0.0159. The summed E-state index contributed by atoms with van der Waals surface area (Å²) < 4.78 is 5.07. The van der Waals surface area contributed by atoms with Gasteiger partial charge in [-0.15, -0.1) is 0 Å². The SMILES string of the molecule is CCNc1nc(NC(C)c2ccccn2)nc(OC)n1. The quantitative estimate of drug-likeness (QED) is 0.831. The molecular weight excluding hydrogens is 256 g/mol. The van der Waals surface area contributed by atoms with Crippen LogP contribution in [0.4, 0.5) is 11.9 Å². The monoisotopic (exact) mass is 274 g/mol. The number of methoxy groups -OCH3 is 1. The van der Waals surface area contributed by atoms with E-state index in [2.05, 4.69) is 30.6 Å². The third-order valence-electron chi connectivity index (χ3n) is 2.61. The number of hydrogen-bond donors (Lipinski definition) is 2. The van der Waals surface area contributed by atoms with Crippen molar-refractivity contribution in [3.05, 3.63) is 30.1 Å². The molecule has 7 nitrogen and oxygen atoms in total. The van der Waals surface area contributed by atoms with Crippen LogP contribution in [0.5, 0.6) is 6.01 Å². The molecule has 7 heteroatoms.